The summed E-state index contributed by atoms with van der Waals surface area (Å²) in [4.78, 5) is 0. The van der Waals surface area contributed by atoms with Gasteiger partial charge in [-0.25, -0.2) is 0 Å². The molecule has 1 saturated carbocycles. The van der Waals surface area contributed by atoms with Crippen molar-refractivity contribution in [2.75, 3.05) is 18.1 Å². The SMILES string of the molecule is CCCSCC(NCC)C1CCC(CC)CC1. The maximum absolute atomic E-state index is 3.72. The van der Waals surface area contributed by atoms with Gasteiger partial charge in [0.15, 0.2) is 0 Å². The molecule has 1 N–H and O–H groups in total. The summed E-state index contributed by atoms with van der Waals surface area (Å²) < 4.78 is 0. The van der Waals surface area contributed by atoms with Crippen LogP contribution in [-0.2, 0) is 0 Å². The van der Waals surface area contributed by atoms with Crippen molar-refractivity contribution in [3.8, 4) is 0 Å². The molecule has 0 heterocycles. The molecule has 0 aromatic carbocycles. The quantitative estimate of drug-likeness (QED) is 0.650. The maximum atomic E-state index is 3.72. The molecule has 0 bridgehead atoms. The summed E-state index contributed by atoms with van der Waals surface area (Å²) in [6.45, 7) is 8.01. The van der Waals surface area contributed by atoms with Gasteiger partial charge in [-0.2, -0.15) is 11.8 Å². The molecule has 1 aliphatic carbocycles. The number of hydrogen-bond donors (Lipinski definition) is 1. The molecule has 1 rings (SSSR count). The van der Waals surface area contributed by atoms with Gasteiger partial charge in [0.1, 0.15) is 0 Å². The van der Waals surface area contributed by atoms with E-state index in [0.29, 0.717) is 0 Å². The predicted molar refractivity (Wildman–Crippen MR) is 80.8 cm³/mol. The van der Waals surface area contributed by atoms with Crippen LogP contribution in [0.5, 0.6) is 0 Å². The summed E-state index contributed by atoms with van der Waals surface area (Å²) in [6, 6.07) is 0.773. The Balaban J connectivity index is 2.31. The van der Waals surface area contributed by atoms with Crippen LogP contribution in [0.3, 0.4) is 0 Å². The molecule has 0 saturated heterocycles. The third-order valence-electron chi connectivity index (χ3n) is 4.15. The summed E-state index contributed by atoms with van der Waals surface area (Å²) in [6.07, 6.45) is 8.57. The molecule has 1 unspecified atom stereocenters. The third-order valence-corrected chi connectivity index (χ3v) is 5.44. The fourth-order valence-electron chi connectivity index (χ4n) is 2.98. The molecule has 0 aliphatic heterocycles. The zero-order valence-electron chi connectivity index (χ0n) is 12.0. The molecule has 2 heteroatoms. The Kier molecular flexibility index (Phi) is 8.38. The highest BCUT2D eigenvalue weighted by atomic mass is 32.2. The first kappa shape index (κ1) is 15.4. The lowest BCUT2D eigenvalue weighted by atomic mass is 9.78. The van der Waals surface area contributed by atoms with Crippen molar-refractivity contribution >= 4 is 11.8 Å². The Labute approximate surface area is 113 Å². The normalized spacial score (nSPS) is 27.0. The minimum Gasteiger partial charge on any atom is -0.313 e. The maximum Gasteiger partial charge on any atom is 0.0186 e. The van der Waals surface area contributed by atoms with E-state index in [4.69, 9.17) is 0 Å². The van der Waals surface area contributed by atoms with Crippen molar-refractivity contribution < 1.29 is 0 Å². The van der Waals surface area contributed by atoms with Gasteiger partial charge in [-0.15, -0.1) is 0 Å². The third kappa shape index (κ3) is 5.65. The van der Waals surface area contributed by atoms with Crippen LogP contribution in [0.25, 0.3) is 0 Å². The van der Waals surface area contributed by atoms with E-state index in [2.05, 4.69) is 37.8 Å². The van der Waals surface area contributed by atoms with Crippen LogP contribution in [0, 0.1) is 11.8 Å². The van der Waals surface area contributed by atoms with E-state index in [1.165, 1.54) is 50.0 Å². The minimum absolute atomic E-state index is 0.773. The van der Waals surface area contributed by atoms with Crippen LogP contribution in [-0.4, -0.2) is 24.1 Å². The smallest absolute Gasteiger partial charge is 0.0186 e. The van der Waals surface area contributed by atoms with Gasteiger partial charge < -0.3 is 5.32 Å². The first-order valence-corrected chi connectivity index (χ1v) is 8.78. The highest BCUT2D eigenvalue weighted by Gasteiger charge is 2.26. The van der Waals surface area contributed by atoms with E-state index in [-0.39, 0.29) is 0 Å². The highest BCUT2D eigenvalue weighted by Crippen LogP contribution is 2.33. The van der Waals surface area contributed by atoms with Crippen molar-refractivity contribution in [2.24, 2.45) is 11.8 Å². The largest absolute Gasteiger partial charge is 0.313 e. The Hall–Kier alpha value is 0.310. The number of thioether (sulfide) groups is 1. The van der Waals surface area contributed by atoms with E-state index in [9.17, 15) is 0 Å². The van der Waals surface area contributed by atoms with Gasteiger partial charge in [-0.05, 0) is 43.4 Å². The van der Waals surface area contributed by atoms with Gasteiger partial charge in [0.25, 0.3) is 0 Å². The van der Waals surface area contributed by atoms with Gasteiger partial charge in [-0.1, -0.05) is 40.0 Å². The van der Waals surface area contributed by atoms with Gasteiger partial charge >= 0.3 is 0 Å². The molecular formula is C15H31NS. The monoisotopic (exact) mass is 257 g/mol. The van der Waals surface area contributed by atoms with Crippen molar-refractivity contribution in [3.63, 3.8) is 0 Å². The predicted octanol–water partition coefficient (Wildman–Crippen LogP) is 4.32. The number of nitrogens with one attached hydrogen (secondary N) is 1. The molecule has 1 fully saturated rings. The molecule has 17 heavy (non-hydrogen) atoms. The number of hydrogen-bond acceptors (Lipinski definition) is 2. The standard InChI is InChI=1S/C15H31NS/c1-4-11-17-12-15(16-6-3)14-9-7-13(5-2)8-10-14/h13-16H,4-12H2,1-3H3. The van der Waals surface area contributed by atoms with E-state index < -0.39 is 0 Å². The van der Waals surface area contributed by atoms with E-state index in [0.717, 1.165) is 24.4 Å². The van der Waals surface area contributed by atoms with E-state index in [1.807, 2.05) is 0 Å². The van der Waals surface area contributed by atoms with Crippen molar-refractivity contribution in [2.45, 2.75) is 65.3 Å². The van der Waals surface area contributed by atoms with Crippen LogP contribution in [0.2, 0.25) is 0 Å². The molecular weight excluding hydrogens is 226 g/mol. The van der Waals surface area contributed by atoms with Crippen LogP contribution < -0.4 is 5.32 Å². The van der Waals surface area contributed by atoms with Crippen LogP contribution in [0.15, 0.2) is 0 Å². The summed E-state index contributed by atoms with van der Waals surface area (Å²) in [5.74, 6) is 4.62. The fourth-order valence-corrected chi connectivity index (χ4v) is 4.08. The van der Waals surface area contributed by atoms with Gasteiger partial charge in [0, 0.05) is 11.8 Å². The average molecular weight is 257 g/mol. The molecule has 1 aliphatic rings. The lowest BCUT2D eigenvalue weighted by Gasteiger charge is -2.34. The van der Waals surface area contributed by atoms with Crippen molar-refractivity contribution in [1.82, 2.24) is 5.32 Å². The zero-order valence-corrected chi connectivity index (χ0v) is 12.8. The number of rotatable bonds is 8. The molecule has 0 aromatic rings. The molecule has 1 nitrogen and oxygen atoms in total. The zero-order chi connectivity index (χ0) is 12.5. The van der Waals surface area contributed by atoms with E-state index in [1.54, 1.807) is 0 Å². The molecule has 102 valence electrons. The first-order valence-electron chi connectivity index (χ1n) is 7.62. The molecule has 1 atom stereocenters. The summed E-state index contributed by atoms with van der Waals surface area (Å²) in [5, 5.41) is 3.72. The molecule has 0 spiro atoms. The van der Waals surface area contributed by atoms with Gasteiger partial charge in [0.2, 0.25) is 0 Å². The summed E-state index contributed by atoms with van der Waals surface area (Å²) >= 11 is 2.14. The second-order valence-electron chi connectivity index (χ2n) is 5.43. The van der Waals surface area contributed by atoms with E-state index >= 15 is 0 Å². The Morgan fingerprint density at radius 2 is 1.82 bits per heavy atom. The average Bonchev–Trinajstić information content (AvgIpc) is 2.38. The Bertz CT molecular complexity index is 176. The summed E-state index contributed by atoms with van der Waals surface area (Å²) in [7, 11) is 0. The van der Waals surface area contributed by atoms with Gasteiger partial charge in [0.05, 0.1) is 0 Å². The molecule has 0 aromatic heterocycles. The van der Waals surface area contributed by atoms with Crippen molar-refractivity contribution in [3.05, 3.63) is 0 Å². The van der Waals surface area contributed by atoms with Crippen LogP contribution in [0.1, 0.15) is 59.3 Å². The molecule has 0 amide bonds. The summed E-state index contributed by atoms with van der Waals surface area (Å²) in [5.41, 5.74) is 0. The Morgan fingerprint density at radius 1 is 1.12 bits per heavy atom. The lowest BCUT2D eigenvalue weighted by molar-refractivity contribution is 0.229. The lowest BCUT2D eigenvalue weighted by Crippen LogP contribution is -2.40. The fraction of sp³-hybridized carbons (Fsp3) is 1.00. The van der Waals surface area contributed by atoms with Gasteiger partial charge in [-0.3, -0.25) is 0 Å². The molecule has 0 radical (unpaired) electrons. The minimum atomic E-state index is 0.773. The first-order chi connectivity index (χ1) is 8.31. The second-order valence-corrected chi connectivity index (χ2v) is 6.58. The second kappa shape index (κ2) is 9.27. The van der Waals surface area contributed by atoms with Crippen molar-refractivity contribution in [1.29, 1.82) is 0 Å². The highest BCUT2D eigenvalue weighted by molar-refractivity contribution is 7.99. The van der Waals surface area contributed by atoms with Crippen LogP contribution in [0.4, 0.5) is 0 Å². The Morgan fingerprint density at radius 3 is 2.35 bits per heavy atom. The van der Waals surface area contributed by atoms with Crippen LogP contribution >= 0.6 is 11.8 Å². The topological polar surface area (TPSA) is 12.0 Å².